The van der Waals surface area contributed by atoms with Crippen LogP contribution >= 0.6 is 0 Å². The monoisotopic (exact) mass is 234 g/mol. The van der Waals surface area contributed by atoms with Crippen molar-refractivity contribution < 1.29 is 19.2 Å². The van der Waals surface area contributed by atoms with Crippen molar-refractivity contribution >= 4 is 17.9 Å². The summed E-state index contributed by atoms with van der Waals surface area (Å²) in [7, 11) is 1.07. The van der Waals surface area contributed by atoms with Crippen molar-refractivity contribution in [2.45, 2.75) is 0 Å². The number of carbonyl (C=O) groups excluding carboxylic acids is 2. The number of non-ortho nitro benzene ring substituents is 1. The van der Waals surface area contributed by atoms with Crippen LogP contribution in [0.4, 0.5) is 5.69 Å². The van der Waals surface area contributed by atoms with Gasteiger partial charge in [-0.3, -0.25) is 14.9 Å². The molecular weight excluding hydrogens is 228 g/mol. The fraction of sp³-hybridized carbons (Fsp3) is 0.100. The number of methoxy groups -OCH3 is 1. The molecule has 1 aromatic carbocycles. The van der Waals surface area contributed by atoms with Crippen LogP contribution in [0.5, 0.6) is 0 Å². The molecule has 1 rings (SSSR count). The molecular formula is C10H6N2O5. The number of nitro groups is 1. The average molecular weight is 234 g/mol. The number of hydrogen-bond acceptors (Lipinski definition) is 6. The van der Waals surface area contributed by atoms with Crippen molar-refractivity contribution in [3.05, 3.63) is 38.9 Å². The van der Waals surface area contributed by atoms with E-state index in [2.05, 4.69) is 4.74 Å². The Morgan fingerprint density at radius 1 is 1.59 bits per heavy atom. The topological polar surface area (TPSA) is 110 Å². The molecule has 0 bridgehead atoms. The SMILES string of the molecule is COC(=O)c1cc([N+](=O)[O-])cc(C#N)c1C=O. The first-order chi connectivity index (χ1) is 8.04. The molecule has 0 aliphatic heterocycles. The van der Waals surface area contributed by atoms with Gasteiger partial charge >= 0.3 is 5.97 Å². The van der Waals surface area contributed by atoms with Gasteiger partial charge in [0.05, 0.1) is 23.2 Å². The maximum absolute atomic E-state index is 11.3. The number of carbonyl (C=O) groups is 2. The summed E-state index contributed by atoms with van der Waals surface area (Å²) < 4.78 is 4.38. The quantitative estimate of drug-likeness (QED) is 0.334. The van der Waals surface area contributed by atoms with E-state index in [0.29, 0.717) is 0 Å². The van der Waals surface area contributed by atoms with E-state index >= 15 is 0 Å². The summed E-state index contributed by atoms with van der Waals surface area (Å²) in [4.78, 5) is 31.9. The summed E-state index contributed by atoms with van der Waals surface area (Å²) in [6.07, 6.45) is 0.286. The lowest BCUT2D eigenvalue weighted by Gasteiger charge is -2.04. The number of esters is 1. The van der Waals surface area contributed by atoms with E-state index in [1.165, 1.54) is 0 Å². The summed E-state index contributed by atoms with van der Waals surface area (Å²) in [6, 6.07) is 3.44. The molecule has 0 heterocycles. The van der Waals surface area contributed by atoms with E-state index in [0.717, 1.165) is 19.2 Å². The predicted octanol–water partition coefficient (Wildman–Crippen LogP) is 1.07. The van der Waals surface area contributed by atoms with Crippen LogP contribution in [0, 0.1) is 21.4 Å². The summed E-state index contributed by atoms with van der Waals surface area (Å²) >= 11 is 0. The first kappa shape index (κ1) is 12.3. The van der Waals surface area contributed by atoms with Gasteiger partial charge in [0.2, 0.25) is 0 Å². The van der Waals surface area contributed by atoms with Crippen LogP contribution in [0.1, 0.15) is 26.3 Å². The lowest BCUT2D eigenvalue weighted by molar-refractivity contribution is -0.384. The van der Waals surface area contributed by atoms with Crippen molar-refractivity contribution in [3.63, 3.8) is 0 Å². The third-order valence-electron chi connectivity index (χ3n) is 2.02. The van der Waals surface area contributed by atoms with Crippen LogP contribution in [0.25, 0.3) is 0 Å². The zero-order valence-corrected chi connectivity index (χ0v) is 8.67. The van der Waals surface area contributed by atoms with Crippen molar-refractivity contribution in [1.29, 1.82) is 5.26 Å². The molecule has 0 atom stereocenters. The van der Waals surface area contributed by atoms with Gasteiger partial charge in [0.25, 0.3) is 5.69 Å². The normalized spacial score (nSPS) is 9.18. The minimum atomic E-state index is -0.910. The lowest BCUT2D eigenvalue weighted by Crippen LogP contribution is -2.08. The summed E-state index contributed by atoms with van der Waals surface area (Å²) in [5.74, 6) is -0.910. The number of nitro benzene ring substituents is 1. The number of hydrogen-bond donors (Lipinski definition) is 0. The molecule has 7 nitrogen and oxygen atoms in total. The molecule has 0 aliphatic rings. The van der Waals surface area contributed by atoms with Crippen LogP contribution in [0.3, 0.4) is 0 Å². The zero-order valence-electron chi connectivity index (χ0n) is 8.67. The molecule has 0 radical (unpaired) electrons. The fourth-order valence-electron chi connectivity index (χ4n) is 1.24. The van der Waals surface area contributed by atoms with Gasteiger partial charge in [0.1, 0.15) is 6.07 Å². The van der Waals surface area contributed by atoms with E-state index in [9.17, 15) is 19.7 Å². The van der Waals surface area contributed by atoms with Gasteiger partial charge in [-0.15, -0.1) is 0 Å². The summed E-state index contributed by atoms with van der Waals surface area (Å²) in [6.45, 7) is 0. The number of aldehydes is 1. The standard InChI is InChI=1S/C10H6N2O5/c1-17-10(14)8-3-7(12(15)16)2-6(4-11)9(8)5-13/h2-3,5H,1H3. The van der Waals surface area contributed by atoms with E-state index in [4.69, 9.17) is 5.26 Å². The molecule has 0 spiro atoms. The van der Waals surface area contributed by atoms with Crippen molar-refractivity contribution in [2.24, 2.45) is 0 Å². The average Bonchev–Trinajstić information content (AvgIpc) is 2.35. The van der Waals surface area contributed by atoms with E-state index < -0.39 is 16.6 Å². The van der Waals surface area contributed by atoms with Gasteiger partial charge in [-0.1, -0.05) is 0 Å². The number of ether oxygens (including phenoxy) is 1. The highest BCUT2D eigenvalue weighted by atomic mass is 16.6. The second kappa shape index (κ2) is 4.85. The molecule has 0 N–H and O–H groups in total. The Bertz CT molecular complexity index is 544. The molecule has 0 aliphatic carbocycles. The number of nitrogens with zero attached hydrogens (tertiary/aromatic N) is 2. The predicted molar refractivity (Wildman–Crippen MR) is 54.5 cm³/mol. The second-order valence-corrected chi connectivity index (χ2v) is 2.93. The molecule has 7 heteroatoms. The van der Waals surface area contributed by atoms with Crippen LogP contribution in [-0.4, -0.2) is 24.3 Å². The maximum atomic E-state index is 11.3. The summed E-state index contributed by atoms with van der Waals surface area (Å²) in [5, 5.41) is 19.3. The zero-order chi connectivity index (χ0) is 13.0. The fourth-order valence-corrected chi connectivity index (χ4v) is 1.24. The van der Waals surface area contributed by atoms with Crippen molar-refractivity contribution in [2.75, 3.05) is 7.11 Å². The van der Waals surface area contributed by atoms with Crippen molar-refractivity contribution in [3.8, 4) is 6.07 Å². The Hall–Kier alpha value is -2.75. The number of benzene rings is 1. The van der Waals surface area contributed by atoms with Gasteiger partial charge in [-0.2, -0.15) is 5.26 Å². The molecule has 86 valence electrons. The van der Waals surface area contributed by atoms with Crippen LogP contribution in [-0.2, 0) is 4.74 Å². The lowest BCUT2D eigenvalue weighted by atomic mass is 10.0. The Balaban J connectivity index is 3.60. The third kappa shape index (κ3) is 2.26. The highest BCUT2D eigenvalue weighted by Crippen LogP contribution is 2.21. The highest BCUT2D eigenvalue weighted by molar-refractivity contribution is 6.00. The number of rotatable bonds is 3. The first-order valence-electron chi connectivity index (χ1n) is 4.31. The minimum Gasteiger partial charge on any atom is -0.465 e. The molecule has 17 heavy (non-hydrogen) atoms. The largest absolute Gasteiger partial charge is 0.465 e. The molecule has 0 saturated carbocycles. The summed E-state index contributed by atoms with van der Waals surface area (Å²) in [5.41, 5.74) is -1.21. The van der Waals surface area contributed by atoms with Crippen LogP contribution in [0.2, 0.25) is 0 Å². The van der Waals surface area contributed by atoms with Gasteiger partial charge in [-0.25, -0.2) is 4.79 Å². The molecule has 0 unspecified atom stereocenters. The first-order valence-corrected chi connectivity index (χ1v) is 4.31. The Kier molecular flexibility index (Phi) is 3.51. The molecule has 0 fully saturated rings. The Morgan fingerprint density at radius 3 is 2.65 bits per heavy atom. The maximum Gasteiger partial charge on any atom is 0.338 e. The Labute approximate surface area is 95.4 Å². The van der Waals surface area contributed by atoms with Crippen LogP contribution in [0.15, 0.2) is 12.1 Å². The smallest absolute Gasteiger partial charge is 0.338 e. The molecule has 1 aromatic rings. The number of nitriles is 1. The van der Waals surface area contributed by atoms with E-state index in [1.807, 2.05) is 0 Å². The van der Waals surface area contributed by atoms with Gasteiger partial charge in [0, 0.05) is 17.7 Å². The van der Waals surface area contributed by atoms with Gasteiger partial charge < -0.3 is 4.74 Å². The molecule has 0 saturated heterocycles. The third-order valence-corrected chi connectivity index (χ3v) is 2.02. The molecule has 0 amide bonds. The second-order valence-electron chi connectivity index (χ2n) is 2.93. The van der Waals surface area contributed by atoms with Crippen LogP contribution < -0.4 is 0 Å². The van der Waals surface area contributed by atoms with Gasteiger partial charge in [0.15, 0.2) is 6.29 Å². The minimum absolute atomic E-state index is 0.218. The van der Waals surface area contributed by atoms with E-state index in [-0.39, 0.29) is 23.0 Å². The van der Waals surface area contributed by atoms with Gasteiger partial charge in [-0.05, 0) is 0 Å². The Morgan fingerprint density at radius 2 is 2.24 bits per heavy atom. The molecule has 0 aromatic heterocycles. The highest BCUT2D eigenvalue weighted by Gasteiger charge is 2.21. The van der Waals surface area contributed by atoms with E-state index in [1.54, 1.807) is 6.07 Å². The van der Waals surface area contributed by atoms with Crippen molar-refractivity contribution in [1.82, 2.24) is 0 Å².